The number of nitrogens with zero attached hydrogens (tertiary/aromatic N) is 3. The Hall–Kier alpha value is -2.33. The summed E-state index contributed by atoms with van der Waals surface area (Å²) in [7, 11) is 0. The third-order valence-corrected chi connectivity index (χ3v) is 3.41. The fraction of sp³-hybridized carbons (Fsp3) is 0. The minimum absolute atomic E-state index is 0.492. The number of nitrogens with one attached hydrogen (secondary N) is 1. The Morgan fingerprint density at radius 3 is 3.05 bits per heavy atom. The average molecular weight is 269 g/mol. The van der Waals surface area contributed by atoms with Gasteiger partial charge in [0.15, 0.2) is 0 Å². The van der Waals surface area contributed by atoms with Crippen molar-refractivity contribution < 1.29 is 0 Å². The molecule has 0 spiro atoms. The van der Waals surface area contributed by atoms with Gasteiger partial charge >= 0.3 is 0 Å². The number of hydrogen-bond acceptors (Lipinski definition) is 2. The average Bonchev–Trinajstić information content (AvgIpc) is 3.02. The van der Waals surface area contributed by atoms with Gasteiger partial charge in [0.1, 0.15) is 16.4 Å². The number of halogens is 1. The molecule has 0 aliphatic rings. The van der Waals surface area contributed by atoms with Crippen LogP contribution < -0.4 is 0 Å². The van der Waals surface area contributed by atoms with Crippen molar-refractivity contribution in [3.05, 3.63) is 54.2 Å². The number of H-pyrrole nitrogens is 1. The van der Waals surface area contributed by atoms with Gasteiger partial charge in [-0.05, 0) is 24.3 Å². The smallest absolute Gasteiger partial charge is 0.139 e. The molecule has 4 rings (SSSR count). The molecule has 0 bridgehead atoms. The molecule has 4 aromatic rings. The lowest BCUT2D eigenvalue weighted by atomic mass is 10.1. The summed E-state index contributed by atoms with van der Waals surface area (Å²) in [5.74, 6) is 0. The molecule has 92 valence electrons. The zero-order chi connectivity index (χ0) is 12.8. The van der Waals surface area contributed by atoms with Gasteiger partial charge in [0, 0.05) is 41.3 Å². The summed E-state index contributed by atoms with van der Waals surface area (Å²) in [6.07, 6.45) is 7.73. The van der Waals surface area contributed by atoms with Crippen molar-refractivity contribution in [1.29, 1.82) is 0 Å². The Morgan fingerprint density at radius 2 is 2.11 bits per heavy atom. The first-order chi connectivity index (χ1) is 9.31. The van der Waals surface area contributed by atoms with E-state index in [1.807, 2.05) is 28.9 Å². The third kappa shape index (κ3) is 1.61. The van der Waals surface area contributed by atoms with Crippen LogP contribution in [0.5, 0.6) is 0 Å². The molecule has 0 aliphatic carbocycles. The summed E-state index contributed by atoms with van der Waals surface area (Å²) in [4.78, 5) is 11.7. The predicted octanol–water partition coefficient (Wildman–Crippen LogP) is 3.53. The highest BCUT2D eigenvalue weighted by Gasteiger charge is 2.08. The second kappa shape index (κ2) is 3.83. The van der Waals surface area contributed by atoms with E-state index in [2.05, 4.69) is 27.2 Å². The van der Waals surface area contributed by atoms with Gasteiger partial charge in [-0.3, -0.25) is 0 Å². The first-order valence-corrected chi connectivity index (χ1v) is 6.26. The van der Waals surface area contributed by atoms with Crippen LogP contribution in [0.2, 0.25) is 5.15 Å². The molecule has 0 saturated carbocycles. The SMILES string of the molecule is Clc1ccc2c(-c3ccc4nccn4c3)c[nH]c2n1. The van der Waals surface area contributed by atoms with Gasteiger partial charge in [-0.15, -0.1) is 0 Å². The normalized spacial score (nSPS) is 11.4. The highest BCUT2D eigenvalue weighted by molar-refractivity contribution is 6.29. The minimum Gasteiger partial charge on any atom is -0.345 e. The quantitative estimate of drug-likeness (QED) is 0.537. The summed E-state index contributed by atoms with van der Waals surface area (Å²) in [5.41, 5.74) is 3.95. The lowest BCUT2D eigenvalue weighted by Gasteiger charge is -2.01. The lowest BCUT2D eigenvalue weighted by Crippen LogP contribution is -1.85. The molecule has 19 heavy (non-hydrogen) atoms. The lowest BCUT2D eigenvalue weighted by molar-refractivity contribution is 1.19. The fourth-order valence-electron chi connectivity index (χ4n) is 2.30. The molecular formula is C14H9ClN4. The molecule has 0 aliphatic heterocycles. The largest absolute Gasteiger partial charge is 0.345 e. The minimum atomic E-state index is 0.492. The van der Waals surface area contributed by atoms with Crippen LogP contribution in [0, 0.1) is 0 Å². The van der Waals surface area contributed by atoms with Gasteiger partial charge in [-0.25, -0.2) is 9.97 Å². The molecular weight excluding hydrogens is 260 g/mol. The molecule has 4 nitrogen and oxygen atoms in total. The van der Waals surface area contributed by atoms with Crippen molar-refractivity contribution in [3.8, 4) is 11.1 Å². The Balaban J connectivity index is 1.97. The van der Waals surface area contributed by atoms with E-state index in [9.17, 15) is 0 Å². The van der Waals surface area contributed by atoms with Crippen LogP contribution in [0.1, 0.15) is 0 Å². The zero-order valence-corrected chi connectivity index (χ0v) is 10.6. The summed E-state index contributed by atoms with van der Waals surface area (Å²) < 4.78 is 2.00. The fourth-order valence-corrected chi connectivity index (χ4v) is 2.45. The van der Waals surface area contributed by atoms with Crippen molar-refractivity contribution in [3.63, 3.8) is 0 Å². The van der Waals surface area contributed by atoms with Gasteiger partial charge in [0.2, 0.25) is 0 Å². The molecule has 0 amide bonds. The van der Waals surface area contributed by atoms with E-state index in [1.165, 1.54) is 0 Å². The summed E-state index contributed by atoms with van der Waals surface area (Å²) >= 11 is 5.89. The first-order valence-electron chi connectivity index (χ1n) is 5.88. The van der Waals surface area contributed by atoms with Gasteiger partial charge in [0.05, 0.1) is 0 Å². The maximum atomic E-state index is 5.89. The van der Waals surface area contributed by atoms with Gasteiger partial charge in [-0.1, -0.05) is 11.6 Å². The molecule has 1 N–H and O–H groups in total. The number of imidazole rings is 1. The summed E-state index contributed by atoms with van der Waals surface area (Å²) in [6.45, 7) is 0. The van der Waals surface area contributed by atoms with Crippen molar-refractivity contribution in [1.82, 2.24) is 19.4 Å². The zero-order valence-electron chi connectivity index (χ0n) is 9.84. The van der Waals surface area contributed by atoms with Gasteiger partial charge in [0.25, 0.3) is 0 Å². The topological polar surface area (TPSA) is 46.0 Å². The maximum Gasteiger partial charge on any atom is 0.139 e. The predicted molar refractivity (Wildman–Crippen MR) is 75.3 cm³/mol. The van der Waals surface area contributed by atoms with E-state index in [-0.39, 0.29) is 0 Å². The van der Waals surface area contributed by atoms with Crippen LogP contribution >= 0.6 is 11.6 Å². The van der Waals surface area contributed by atoms with Crippen LogP contribution in [-0.4, -0.2) is 19.4 Å². The second-order valence-electron chi connectivity index (χ2n) is 4.34. The molecule has 0 unspecified atom stereocenters. The number of hydrogen-bond donors (Lipinski definition) is 1. The first kappa shape index (κ1) is 10.6. The maximum absolute atomic E-state index is 5.89. The van der Waals surface area contributed by atoms with Crippen molar-refractivity contribution >= 4 is 28.3 Å². The highest BCUT2D eigenvalue weighted by atomic mass is 35.5. The Labute approximate surface area is 113 Å². The van der Waals surface area contributed by atoms with E-state index in [0.29, 0.717) is 5.15 Å². The highest BCUT2D eigenvalue weighted by Crippen LogP contribution is 2.28. The van der Waals surface area contributed by atoms with Crippen LogP contribution in [0.25, 0.3) is 27.8 Å². The number of rotatable bonds is 1. The van der Waals surface area contributed by atoms with E-state index in [1.54, 1.807) is 12.3 Å². The molecule has 0 radical (unpaired) electrons. The monoisotopic (exact) mass is 268 g/mol. The molecule has 0 saturated heterocycles. The number of fused-ring (bicyclic) bond motifs is 2. The number of aromatic nitrogens is 4. The molecule has 0 aromatic carbocycles. The van der Waals surface area contributed by atoms with Crippen LogP contribution in [0.4, 0.5) is 0 Å². The van der Waals surface area contributed by atoms with Crippen molar-refractivity contribution in [2.45, 2.75) is 0 Å². The Morgan fingerprint density at radius 1 is 1.16 bits per heavy atom. The number of pyridine rings is 2. The Kier molecular flexibility index (Phi) is 2.13. The molecule has 5 heteroatoms. The number of aromatic amines is 1. The third-order valence-electron chi connectivity index (χ3n) is 3.20. The molecule has 4 aromatic heterocycles. The van der Waals surface area contributed by atoms with Gasteiger partial charge in [-0.2, -0.15) is 0 Å². The van der Waals surface area contributed by atoms with Crippen molar-refractivity contribution in [2.75, 3.05) is 0 Å². The molecule has 0 fully saturated rings. The standard InChI is InChI=1S/C14H9ClN4/c15-12-3-2-10-11(7-17-14(10)18-12)9-1-4-13-16-5-6-19(13)8-9/h1-8H,(H,17,18). The molecule has 4 heterocycles. The van der Waals surface area contributed by atoms with E-state index in [4.69, 9.17) is 11.6 Å². The van der Waals surface area contributed by atoms with Crippen LogP contribution in [-0.2, 0) is 0 Å². The van der Waals surface area contributed by atoms with E-state index < -0.39 is 0 Å². The van der Waals surface area contributed by atoms with Crippen molar-refractivity contribution in [2.24, 2.45) is 0 Å². The Bertz CT molecular complexity index is 891. The van der Waals surface area contributed by atoms with Gasteiger partial charge < -0.3 is 9.38 Å². The van der Waals surface area contributed by atoms with E-state index >= 15 is 0 Å². The second-order valence-corrected chi connectivity index (χ2v) is 4.73. The van der Waals surface area contributed by atoms with Crippen LogP contribution in [0.15, 0.2) is 49.1 Å². The van der Waals surface area contributed by atoms with E-state index in [0.717, 1.165) is 27.8 Å². The van der Waals surface area contributed by atoms with Crippen LogP contribution in [0.3, 0.4) is 0 Å². The summed E-state index contributed by atoms with van der Waals surface area (Å²) in [6, 6.07) is 7.84. The molecule has 0 atom stereocenters. The summed E-state index contributed by atoms with van der Waals surface area (Å²) in [5, 5.41) is 1.55.